The first-order chi connectivity index (χ1) is 14.9. The van der Waals surface area contributed by atoms with E-state index in [1.165, 1.54) is 6.07 Å². The van der Waals surface area contributed by atoms with Gasteiger partial charge >= 0.3 is 0 Å². The summed E-state index contributed by atoms with van der Waals surface area (Å²) in [7, 11) is 0. The molecule has 0 unspecified atom stereocenters. The fourth-order valence-corrected chi connectivity index (χ4v) is 4.01. The number of thiocarbonyl (C=S) groups is 1. The Morgan fingerprint density at radius 2 is 1.90 bits per heavy atom. The lowest BCUT2D eigenvalue weighted by molar-refractivity contribution is -0.384. The molecule has 164 valence electrons. The first-order valence-electron chi connectivity index (χ1n) is 10.6. The van der Waals surface area contributed by atoms with Crippen LogP contribution in [-0.2, 0) is 0 Å². The number of nitrogens with one attached hydrogen (secondary N) is 2. The average Bonchev–Trinajstić information content (AvgIpc) is 2.79. The SMILES string of the molecule is CC[C@@H](C)c1ccccc1NC(=S)NC(=O)c1ccc(N2CCCCC2)c([N+](=O)[O-])c1. The molecule has 8 heteroatoms. The Bertz CT molecular complexity index is 973. The van der Waals surface area contributed by atoms with E-state index in [1.54, 1.807) is 12.1 Å². The molecule has 31 heavy (non-hydrogen) atoms. The summed E-state index contributed by atoms with van der Waals surface area (Å²) in [6.07, 6.45) is 4.13. The predicted molar refractivity (Wildman–Crippen MR) is 128 cm³/mol. The molecule has 2 aromatic rings. The van der Waals surface area contributed by atoms with E-state index in [0.717, 1.165) is 50.0 Å². The summed E-state index contributed by atoms with van der Waals surface area (Å²) in [5.74, 6) is -0.140. The summed E-state index contributed by atoms with van der Waals surface area (Å²) >= 11 is 5.32. The van der Waals surface area contributed by atoms with E-state index < -0.39 is 10.8 Å². The molecule has 1 atom stereocenters. The smallest absolute Gasteiger partial charge is 0.293 e. The minimum Gasteiger partial charge on any atom is -0.366 e. The number of anilines is 2. The van der Waals surface area contributed by atoms with Crippen LogP contribution in [-0.4, -0.2) is 29.0 Å². The maximum Gasteiger partial charge on any atom is 0.293 e. The van der Waals surface area contributed by atoms with Crippen LogP contribution in [0.2, 0.25) is 0 Å². The standard InChI is InChI=1S/C23H28N4O3S/c1-3-16(2)18-9-5-6-10-19(18)24-23(31)25-22(28)17-11-12-20(21(15-17)27(29)30)26-13-7-4-8-14-26/h5-6,9-12,15-16H,3-4,7-8,13-14H2,1-2H3,(H2,24,25,28,31)/t16-/m1/s1. The minimum absolute atomic E-state index is 0.0597. The first kappa shape index (κ1) is 22.7. The molecule has 1 amide bonds. The van der Waals surface area contributed by atoms with E-state index in [-0.39, 0.29) is 16.4 Å². The molecule has 3 rings (SSSR count). The van der Waals surface area contributed by atoms with Gasteiger partial charge in [-0.1, -0.05) is 32.0 Å². The zero-order chi connectivity index (χ0) is 22.4. The van der Waals surface area contributed by atoms with Gasteiger partial charge in [-0.05, 0) is 67.6 Å². The van der Waals surface area contributed by atoms with Crippen LogP contribution in [0.15, 0.2) is 42.5 Å². The van der Waals surface area contributed by atoms with Crippen LogP contribution in [0.4, 0.5) is 17.1 Å². The number of para-hydroxylation sites is 1. The van der Waals surface area contributed by atoms with Crippen LogP contribution in [0.5, 0.6) is 0 Å². The molecule has 0 saturated carbocycles. The van der Waals surface area contributed by atoms with E-state index >= 15 is 0 Å². The maximum absolute atomic E-state index is 12.7. The molecule has 0 radical (unpaired) electrons. The van der Waals surface area contributed by atoms with E-state index in [4.69, 9.17) is 12.2 Å². The van der Waals surface area contributed by atoms with Crippen LogP contribution < -0.4 is 15.5 Å². The highest BCUT2D eigenvalue weighted by Gasteiger charge is 2.23. The number of carbonyl (C=O) groups excluding carboxylic acids is 1. The average molecular weight is 441 g/mol. The number of nitro benzene ring substituents is 1. The Hall–Kier alpha value is -3.00. The van der Waals surface area contributed by atoms with Crippen molar-refractivity contribution < 1.29 is 9.72 Å². The fraction of sp³-hybridized carbons (Fsp3) is 0.391. The molecule has 1 fully saturated rings. The molecule has 0 bridgehead atoms. The van der Waals surface area contributed by atoms with Crippen LogP contribution >= 0.6 is 12.2 Å². The Morgan fingerprint density at radius 1 is 1.19 bits per heavy atom. The number of hydrogen-bond acceptors (Lipinski definition) is 5. The van der Waals surface area contributed by atoms with Crippen LogP contribution in [0.3, 0.4) is 0 Å². The highest BCUT2D eigenvalue weighted by atomic mass is 32.1. The Morgan fingerprint density at radius 3 is 2.58 bits per heavy atom. The van der Waals surface area contributed by atoms with Crippen LogP contribution in [0, 0.1) is 10.1 Å². The van der Waals surface area contributed by atoms with Gasteiger partial charge < -0.3 is 10.2 Å². The largest absolute Gasteiger partial charge is 0.366 e. The molecule has 1 saturated heterocycles. The summed E-state index contributed by atoms with van der Waals surface area (Å²) in [5, 5.41) is 17.5. The number of rotatable bonds is 6. The highest BCUT2D eigenvalue weighted by molar-refractivity contribution is 7.80. The van der Waals surface area contributed by atoms with Crippen molar-refractivity contribution in [2.45, 2.75) is 45.4 Å². The van der Waals surface area contributed by atoms with Crippen molar-refractivity contribution in [3.05, 3.63) is 63.7 Å². The molecular weight excluding hydrogens is 412 g/mol. The van der Waals surface area contributed by atoms with Gasteiger partial charge in [-0.2, -0.15) is 0 Å². The maximum atomic E-state index is 12.7. The lowest BCUT2D eigenvalue weighted by Gasteiger charge is -2.28. The van der Waals surface area contributed by atoms with Crippen molar-refractivity contribution in [2.24, 2.45) is 0 Å². The van der Waals surface area contributed by atoms with Gasteiger partial charge in [0.15, 0.2) is 5.11 Å². The minimum atomic E-state index is -0.480. The lowest BCUT2D eigenvalue weighted by atomic mass is 9.97. The number of piperidine rings is 1. The van der Waals surface area contributed by atoms with Crippen molar-refractivity contribution in [3.63, 3.8) is 0 Å². The Labute approximate surface area is 188 Å². The van der Waals surface area contributed by atoms with Gasteiger partial charge in [0.2, 0.25) is 0 Å². The van der Waals surface area contributed by atoms with Crippen molar-refractivity contribution in [1.82, 2.24) is 5.32 Å². The zero-order valence-electron chi connectivity index (χ0n) is 17.9. The fourth-order valence-electron chi connectivity index (χ4n) is 3.80. The van der Waals surface area contributed by atoms with E-state index in [2.05, 4.69) is 24.5 Å². The van der Waals surface area contributed by atoms with Gasteiger partial charge in [-0.25, -0.2) is 0 Å². The topological polar surface area (TPSA) is 87.5 Å². The predicted octanol–water partition coefficient (Wildman–Crippen LogP) is 5.23. The van der Waals surface area contributed by atoms with Gasteiger partial charge in [0, 0.05) is 30.4 Å². The monoisotopic (exact) mass is 440 g/mol. The van der Waals surface area contributed by atoms with Gasteiger partial charge in [-0.15, -0.1) is 0 Å². The molecule has 1 aliphatic rings. The molecule has 0 spiro atoms. The third-order valence-electron chi connectivity index (χ3n) is 5.71. The first-order valence-corrected chi connectivity index (χ1v) is 11.1. The molecule has 7 nitrogen and oxygen atoms in total. The highest BCUT2D eigenvalue weighted by Crippen LogP contribution is 2.31. The zero-order valence-corrected chi connectivity index (χ0v) is 18.7. The number of nitrogens with zero attached hydrogens (tertiary/aromatic N) is 2. The van der Waals surface area contributed by atoms with Gasteiger partial charge in [0.05, 0.1) is 4.92 Å². The molecule has 1 aliphatic heterocycles. The summed E-state index contributed by atoms with van der Waals surface area (Å²) in [5.41, 5.74) is 2.66. The van der Waals surface area contributed by atoms with E-state index in [0.29, 0.717) is 11.6 Å². The second kappa shape index (κ2) is 10.3. The summed E-state index contributed by atoms with van der Waals surface area (Å²) in [6, 6.07) is 12.4. The lowest BCUT2D eigenvalue weighted by Crippen LogP contribution is -2.34. The van der Waals surface area contributed by atoms with Crippen molar-refractivity contribution >= 4 is 40.3 Å². The number of benzene rings is 2. The van der Waals surface area contributed by atoms with Gasteiger partial charge in [0.25, 0.3) is 11.6 Å². The van der Waals surface area contributed by atoms with Gasteiger partial charge in [-0.3, -0.25) is 20.2 Å². The van der Waals surface area contributed by atoms with Crippen molar-refractivity contribution in [3.8, 4) is 0 Å². The number of hydrogen-bond donors (Lipinski definition) is 2. The summed E-state index contributed by atoms with van der Waals surface area (Å²) in [4.78, 5) is 25.9. The quantitative estimate of drug-likeness (QED) is 0.364. The van der Waals surface area contributed by atoms with E-state index in [1.807, 2.05) is 29.2 Å². The third-order valence-corrected chi connectivity index (χ3v) is 5.91. The van der Waals surface area contributed by atoms with Crippen molar-refractivity contribution in [2.75, 3.05) is 23.3 Å². The normalized spacial score (nSPS) is 14.6. The third kappa shape index (κ3) is 5.58. The molecule has 2 aromatic carbocycles. The summed E-state index contributed by atoms with van der Waals surface area (Å²) in [6.45, 7) is 5.82. The van der Waals surface area contributed by atoms with E-state index in [9.17, 15) is 14.9 Å². The van der Waals surface area contributed by atoms with Crippen LogP contribution in [0.25, 0.3) is 0 Å². The molecule has 2 N–H and O–H groups in total. The van der Waals surface area contributed by atoms with Gasteiger partial charge in [0.1, 0.15) is 5.69 Å². The number of carbonyl (C=O) groups is 1. The molecule has 0 aromatic heterocycles. The second-order valence-electron chi connectivity index (χ2n) is 7.81. The van der Waals surface area contributed by atoms with Crippen LogP contribution in [0.1, 0.15) is 61.4 Å². The Balaban J connectivity index is 1.74. The second-order valence-corrected chi connectivity index (χ2v) is 8.22. The molecule has 0 aliphatic carbocycles. The Kier molecular flexibility index (Phi) is 7.57. The van der Waals surface area contributed by atoms with Crippen molar-refractivity contribution in [1.29, 1.82) is 0 Å². The number of nitro groups is 1. The summed E-state index contributed by atoms with van der Waals surface area (Å²) < 4.78 is 0. The number of amides is 1. The molecular formula is C23H28N4O3S. The molecule has 1 heterocycles.